The van der Waals surface area contributed by atoms with E-state index in [-0.39, 0.29) is 6.61 Å². The molecule has 0 aliphatic rings. The van der Waals surface area contributed by atoms with Gasteiger partial charge in [0.05, 0.1) is 11.6 Å². The molecule has 0 aliphatic carbocycles. The van der Waals surface area contributed by atoms with Gasteiger partial charge in [-0.15, -0.1) is 0 Å². The van der Waals surface area contributed by atoms with E-state index in [1.165, 1.54) is 0 Å². The molecule has 90 valence electrons. The molecule has 7 heteroatoms. The van der Waals surface area contributed by atoms with E-state index in [0.29, 0.717) is 24.6 Å². The average Bonchev–Trinajstić information content (AvgIpc) is 2.08. The number of halogens is 3. The van der Waals surface area contributed by atoms with E-state index in [9.17, 15) is 13.2 Å². The van der Waals surface area contributed by atoms with E-state index in [2.05, 4.69) is 4.74 Å². The van der Waals surface area contributed by atoms with Crippen molar-refractivity contribution in [2.75, 3.05) is 32.8 Å². The van der Waals surface area contributed by atoms with Crippen LogP contribution >= 0.6 is 12.2 Å². The van der Waals surface area contributed by atoms with E-state index >= 15 is 0 Å². The van der Waals surface area contributed by atoms with Crippen LogP contribution in [-0.2, 0) is 4.74 Å². The van der Waals surface area contributed by atoms with Crippen LogP contribution in [-0.4, -0.2) is 48.9 Å². The fraction of sp³-hybridized carbons (Fsp3) is 0.875. The first-order chi connectivity index (χ1) is 6.85. The number of ether oxygens (including phenoxy) is 1. The largest absolute Gasteiger partial charge is 0.411 e. The normalized spacial score (nSPS) is 12.1. The third-order valence-electron chi connectivity index (χ3n) is 1.64. The standard InChI is InChI=1S/C8H15F3N2OS/c1-2-13(5-7(12)15)3-4-14-6-8(9,10)11/h2-6H2,1H3,(H2,12,15). The molecule has 0 aliphatic heterocycles. The molecule has 0 fully saturated rings. The van der Waals surface area contributed by atoms with Gasteiger partial charge in [-0.3, -0.25) is 4.90 Å². The predicted molar refractivity (Wildman–Crippen MR) is 55.8 cm³/mol. The molecule has 0 aromatic heterocycles. The number of alkyl halides is 3. The molecule has 0 radical (unpaired) electrons. The first-order valence-corrected chi connectivity index (χ1v) is 4.91. The summed E-state index contributed by atoms with van der Waals surface area (Å²) in [7, 11) is 0. The van der Waals surface area contributed by atoms with Gasteiger partial charge in [0.2, 0.25) is 0 Å². The van der Waals surface area contributed by atoms with Crippen LogP contribution in [0.4, 0.5) is 13.2 Å². The van der Waals surface area contributed by atoms with Gasteiger partial charge >= 0.3 is 6.18 Å². The van der Waals surface area contributed by atoms with Crippen LogP contribution in [0.3, 0.4) is 0 Å². The Morgan fingerprint density at radius 3 is 2.47 bits per heavy atom. The lowest BCUT2D eigenvalue weighted by Crippen LogP contribution is -2.35. The zero-order chi connectivity index (χ0) is 11.9. The van der Waals surface area contributed by atoms with Gasteiger partial charge in [-0.2, -0.15) is 13.2 Å². The molecule has 0 unspecified atom stereocenters. The van der Waals surface area contributed by atoms with Crippen molar-refractivity contribution in [2.24, 2.45) is 5.73 Å². The number of likely N-dealkylation sites (N-methyl/N-ethyl adjacent to an activating group) is 1. The smallest absolute Gasteiger partial charge is 0.392 e. The molecule has 0 bridgehead atoms. The molecule has 0 saturated heterocycles. The van der Waals surface area contributed by atoms with Crippen LogP contribution in [0.5, 0.6) is 0 Å². The zero-order valence-corrected chi connectivity index (χ0v) is 9.33. The Hall–Kier alpha value is -0.400. The quantitative estimate of drug-likeness (QED) is 0.539. The van der Waals surface area contributed by atoms with Crippen LogP contribution in [0.15, 0.2) is 0 Å². The van der Waals surface area contributed by atoms with Gasteiger partial charge in [-0.05, 0) is 6.54 Å². The minimum Gasteiger partial charge on any atom is -0.392 e. The van der Waals surface area contributed by atoms with Crippen molar-refractivity contribution < 1.29 is 17.9 Å². The van der Waals surface area contributed by atoms with Crippen molar-refractivity contribution in [1.82, 2.24) is 4.90 Å². The fourth-order valence-corrected chi connectivity index (χ4v) is 1.13. The number of thiocarbonyl (C=S) groups is 1. The van der Waals surface area contributed by atoms with Crippen molar-refractivity contribution in [3.05, 3.63) is 0 Å². The molecule has 0 heterocycles. The van der Waals surface area contributed by atoms with Crippen LogP contribution in [0.2, 0.25) is 0 Å². The van der Waals surface area contributed by atoms with Crippen molar-refractivity contribution in [3.63, 3.8) is 0 Å². The summed E-state index contributed by atoms with van der Waals surface area (Å²) in [6.07, 6.45) is -4.26. The Morgan fingerprint density at radius 2 is 2.07 bits per heavy atom. The van der Waals surface area contributed by atoms with Crippen LogP contribution in [0.25, 0.3) is 0 Å². The third kappa shape index (κ3) is 9.89. The van der Waals surface area contributed by atoms with Crippen molar-refractivity contribution >= 4 is 17.2 Å². The second kappa shape index (κ2) is 6.97. The summed E-state index contributed by atoms with van der Waals surface area (Å²) >= 11 is 4.69. The summed E-state index contributed by atoms with van der Waals surface area (Å²) in [5.74, 6) is 0. The van der Waals surface area contributed by atoms with Gasteiger partial charge in [0.25, 0.3) is 0 Å². The van der Waals surface area contributed by atoms with Gasteiger partial charge in [0.1, 0.15) is 6.61 Å². The number of hydrogen-bond acceptors (Lipinski definition) is 3. The fourth-order valence-electron chi connectivity index (χ4n) is 0.951. The summed E-state index contributed by atoms with van der Waals surface area (Å²) in [4.78, 5) is 2.14. The maximum Gasteiger partial charge on any atom is 0.411 e. The van der Waals surface area contributed by atoms with E-state index in [4.69, 9.17) is 18.0 Å². The lowest BCUT2D eigenvalue weighted by Gasteiger charge is -2.19. The second-order valence-electron chi connectivity index (χ2n) is 3.00. The lowest BCUT2D eigenvalue weighted by atomic mass is 10.4. The third-order valence-corrected chi connectivity index (χ3v) is 1.77. The molecule has 0 saturated carbocycles. The highest BCUT2D eigenvalue weighted by Gasteiger charge is 2.27. The first kappa shape index (κ1) is 14.6. The van der Waals surface area contributed by atoms with Gasteiger partial charge in [-0.1, -0.05) is 19.1 Å². The Bertz CT molecular complexity index is 199. The van der Waals surface area contributed by atoms with Crippen molar-refractivity contribution in [2.45, 2.75) is 13.1 Å². The topological polar surface area (TPSA) is 38.5 Å². The highest BCUT2D eigenvalue weighted by Crippen LogP contribution is 2.14. The van der Waals surface area contributed by atoms with Gasteiger partial charge in [0.15, 0.2) is 0 Å². The molecule has 0 aromatic rings. The number of hydrogen-bond donors (Lipinski definition) is 1. The number of nitrogens with two attached hydrogens (primary N) is 1. The van der Waals surface area contributed by atoms with Crippen molar-refractivity contribution in [1.29, 1.82) is 0 Å². The molecule has 0 rings (SSSR count). The molecule has 0 spiro atoms. The Kier molecular flexibility index (Phi) is 6.78. The van der Waals surface area contributed by atoms with E-state index in [0.717, 1.165) is 0 Å². The SMILES string of the molecule is CCN(CCOCC(F)(F)F)CC(N)=S. The second-order valence-corrected chi connectivity index (χ2v) is 3.53. The maximum atomic E-state index is 11.7. The molecule has 0 atom stereocenters. The van der Waals surface area contributed by atoms with E-state index in [1.54, 1.807) is 0 Å². The Labute approximate surface area is 92.4 Å². The molecular weight excluding hydrogens is 229 g/mol. The van der Waals surface area contributed by atoms with Crippen LogP contribution in [0, 0.1) is 0 Å². The summed E-state index contributed by atoms with van der Waals surface area (Å²) in [5.41, 5.74) is 5.31. The number of nitrogens with zero attached hydrogens (tertiary/aromatic N) is 1. The number of rotatable bonds is 7. The summed E-state index contributed by atoms with van der Waals surface area (Å²) in [5, 5.41) is 0. The van der Waals surface area contributed by atoms with Gasteiger partial charge in [0, 0.05) is 13.1 Å². The molecule has 0 amide bonds. The zero-order valence-electron chi connectivity index (χ0n) is 8.51. The van der Waals surface area contributed by atoms with Gasteiger partial charge < -0.3 is 10.5 Å². The molecule has 15 heavy (non-hydrogen) atoms. The van der Waals surface area contributed by atoms with Crippen molar-refractivity contribution in [3.8, 4) is 0 Å². The van der Waals surface area contributed by atoms with E-state index < -0.39 is 12.8 Å². The summed E-state index contributed by atoms with van der Waals surface area (Å²) in [6.45, 7) is 2.16. The molecule has 0 aromatic carbocycles. The first-order valence-electron chi connectivity index (χ1n) is 4.50. The molecular formula is C8H15F3N2OS. The summed E-state index contributed by atoms with van der Waals surface area (Å²) in [6, 6.07) is 0. The van der Waals surface area contributed by atoms with Gasteiger partial charge in [-0.25, -0.2) is 0 Å². The maximum absolute atomic E-state index is 11.7. The minimum absolute atomic E-state index is 0.0238. The Morgan fingerprint density at radius 1 is 1.47 bits per heavy atom. The summed E-state index contributed by atoms with van der Waals surface area (Å²) < 4.78 is 39.5. The van der Waals surface area contributed by atoms with Crippen LogP contribution in [0.1, 0.15) is 6.92 Å². The Balaban J connectivity index is 3.59. The lowest BCUT2D eigenvalue weighted by molar-refractivity contribution is -0.174. The highest BCUT2D eigenvalue weighted by atomic mass is 32.1. The minimum atomic E-state index is -4.26. The monoisotopic (exact) mass is 244 g/mol. The van der Waals surface area contributed by atoms with E-state index in [1.807, 2.05) is 11.8 Å². The highest BCUT2D eigenvalue weighted by molar-refractivity contribution is 7.80. The predicted octanol–water partition coefficient (Wildman–Crippen LogP) is 1.17. The average molecular weight is 244 g/mol. The molecule has 2 N–H and O–H groups in total. The molecule has 3 nitrogen and oxygen atoms in total. The van der Waals surface area contributed by atoms with Crippen LogP contribution < -0.4 is 5.73 Å².